The van der Waals surface area contributed by atoms with Gasteiger partial charge in [0.25, 0.3) is 0 Å². The summed E-state index contributed by atoms with van der Waals surface area (Å²) in [5.41, 5.74) is 14.9. The van der Waals surface area contributed by atoms with Crippen LogP contribution >= 0.6 is 0 Å². The van der Waals surface area contributed by atoms with Gasteiger partial charge in [0.2, 0.25) is 0 Å². The first-order valence-electron chi connectivity index (χ1n) is 16.7. The summed E-state index contributed by atoms with van der Waals surface area (Å²) in [6, 6.07) is 65.6. The number of fused-ring (bicyclic) bond motifs is 3. The lowest BCUT2D eigenvalue weighted by Crippen LogP contribution is -2.16. The number of rotatable bonds is 8. The summed E-state index contributed by atoms with van der Waals surface area (Å²) in [7, 11) is 0. The normalized spacial score (nSPS) is 12.6. The van der Waals surface area contributed by atoms with Crippen molar-refractivity contribution in [3.63, 3.8) is 0 Å². The van der Waals surface area contributed by atoms with Gasteiger partial charge in [-0.1, -0.05) is 129 Å². The van der Waals surface area contributed by atoms with Crippen molar-refractivity contribution in [2.45, 2.75) is 25.7 Å². The lowest BCUT2D eigenvalue weighted by atomic mass is 9.82. The number of benzene rings is 7. The van der Waals surface area contributed by atoms with E-state index in [-0.39, 0.29) is 5.41 Å². The van der Waals surface area contributed by atoms with Gasteiger partial charge in [-0.15, -0.1) is 0 Å². The Labute approximate surface area is 284 Å². The maximum absolute atomic E-state index is 2.41. The molecular weight excluding hydrogens is 581 g/mol. The van der Waals surface area contributed by atoms with E-state index in [0.29, 0.717) is 0 Å². The summed E-state index contributed by atoms with van der Waals surface area (Å²) in [6.07, 6.45) is 0.866. The first-order chi connectivity index (χ1) is 23.6. The number of hydrogen-bond acceptors (Lipinski definition) is 2. The molecule has 7 aromatic rings. The predicted molar refractivity (Wildman–Crippen MR) is 203 cm³/mol. The largest absolute Gasteiger partial charge is 0.311 e. The fourth-order valence-electron chi connectivity index (χ4n) is 7.29. The molecule has 0 saturated heterocycles. The summed E-state index contributed by atoms with van der Waals surface area (Å²) >= 11 is 0. The molecule has 0 bridgehead atoms. The maximum atomic E-state index is 2.41. The van der Waals surface area contributed by atoms with Crippen molar-refractivity contribution in [3.05, 3.63) is 204 Å². The molecule has 0 aliphatic heterocycles. The second-order valence-corrected chi connectivity index (χ2v) is 13.1. The van der Waals surface area contributed by atoms with Crippen molar-refractivity contribution in [3.8, 4) is 11.1 Å². The summed E-state index contributed by atoms with van der Waals surface area (Å²) < 4.78 is 0. The number of anilines is 6. The Kier molecular flexibility index (Phi) is 7.62. The molecule has 0 heterocycles. The third kappa shape index (κ3) is 5.36. The van der Waals surface area contributed by atoms with Crippen LogP contribution in [0.2, 0.25) is 0 Å². The average Bonchev–Trinajstić information content (AvgIpc) is 3.38. The first kappa shape index (κ1) is 29.5. The van der Waals surface area contributed by atoms with Gasteiger partial charge in [0, 0.05) is 39.4 Å². The lowest BCUT2D eigenvalue weighted by molar-refractivity contribution is 0.660. The van der Waals surface area contributed by atoms with E-state index in [2.05, 4.69) is 206 Å². The number of hydrogen-bond donors (Lipinski definition) is 0. The minimum Gasteiger partial charge on any atom is -0.311 e. The van der Waals surface area contributed by atoms with Crippen LogP contribution in [0.25, 0.3) is 11.1 Å². The van der Waals surface area contributed by atoms with Crippen molar-refractivity contribution in [1.82, 2.24) is 0 Å². The van der Waals surface area contributed by atoms with E-state index >= 15 is 0 Å². The van der Waals surface area contributed by atoms with Crippen LogP contribution in [0.1, 0.15) is 36.1 Å². The summed E-state index contributed by atoms with van der Waals surface area (Å²) in [5.74, 6) is 0. The minimum atomic E-state index is -0.0527. The Hall–Kier alpha value is -5.86. The monoisotopic (exact) mass is 618 g/mol. The summed E-state index contributed by atoms with van der Waals surface area (Å²) in [6.45, 7) is 4.69. The Balaban J connectivity index is 1.11. The fraction of sp³-hybridized carbons (Fsp3) is 0.0870. The second-order valence-electron chi connectivity index (χ2n) is 13.1. The molecule has 1 aliphatic carbocycles. The van der Waals surface area contributed by atoms with Crippen LogP contribution in [0, 0.1) is 0 Å². The van der Waals surface area contributed by atoms with Gasteiger partial charge in [-0.3, -0.25) is 0 Å². The van der Waals surface area contributed by atoms with Crippen molar-refractivity contribution in [2.75, 3.05) is 9.80 Å². The molecule has 0 fully saturated rings. The van der Waals surface area contributed by atoms with Crippen molar-refractivity contribution in [2.24, 2.45) is 0 Å². The van der Waals surface area contributed by atoms with Crippen LogP contribution in [0.5, 0.6) is 0 Å². The highest BCUT2D eigenvalue weighted by molar-refractivity contribution is 5.94. The van der Waals surface area contributed by atoms with E-state index in [1.807, 2.05) is 0 Å². The Bertz CT molecular complexity index is 2110. The van der Waals surface area contributed by atoms with Crippen LogP contribution in [0.15, 0.2) is 182 Å². The molecule has 8 rings (SSSR count). The van der Waals surface area contributed by atoms with E-state index in [1.54, 1.807) is 0 Å². The predicted octanol–water partition coefficient (Wildman–Crippen LogP) is 12.5. The molecule has 0 saturated carbocycles. The highest BCUT2D eigenvalue weighted by atomic mass is 15.1. The number of para-hydroxylation sites is 3. The molecule has 2 heteroatoms. The van der Waals surface area contributed by atoms with Crippen molar-refractivity contribution < 1.29 is 0 Å². The van der Waals surface area contributed by atoms with E-state index < -0.39 is 0 Å². The van der Waals surface area contributed by atoms with Crippen LogP contribution in [0.3, 0.4) is 0 Å². The molecule has 232 valence electrons. The van der Waals surface area contributed by atoms with Crippen LogP contribution in [-0.4, -0.2) is 0 Å². The van der Waals surface area contributed by atoms with E-state index in [0.717, 1.165) is 34.9 Å². The van der Waals surface area contributed by atoms with Gasteiger partial charge in [0.1, 0.15) is 0 Å². The second kappa shape index (κ2) is 12.4. The molecule has 0 aromatic heterocycles. The third-order valence-electron chi connectivity index (χ3n) is 9.67. The Morgan fingerprint density at radius 3 is 1.33 bits per heavy atom. The molecule has 0 N–H and O–H groups in total. The molecule has 0 atom stereocenters. The van der Waals surface area contributed by atoms with Crippen molar-refractivity contribution in [1.29, 1.82) is 0 Å². The highest BCUT2D eigenvalue weighted by Crippen LogP contribution is 2.54. The van der Waals surface area contributed by atoms with Gasteiger partial charge in [-0.05, 0) is 101 Å². The van der Waals surface area contributed by atoms with Crippen LogP contribution < -0.4 is 9.80 Å². The topological polar surface area (TPSA) is 6.48 Å². The highest BCUT2D eigenvalue weighted by Gasteiger charge is 2.37. The summed E-state index contributed by atoms with van der Waals surface area (Å²) in [4.78, 5) is 4.72. The molecule has 0 radical (unpaired) electrons. The fourth-order valence-corrected chi connectivity index (χ4v) is 7.29. The van der Waals surface area contributed by atoms with Crippen LogP contribution in [0.4, 0.5) is 34.1 Å². The Morgan fingerprint density at radius 2 is 0.792 bits per heavy atom. The molecule has 7 aromatic carbocycles. The molecule has 48 heavy (non-hydrogen) atoms. The lowest BCUT2D eigenvalue weighted by Gasteiger charge is -2.29. The van der Waals surface area contributed by atoms with Crippen LogP contribution in [-0.2, 0) is 11.8 Å². The third-order valence-corrected chi connectivity index (χ3v) is 9.67. The van der Waals surface area contributed by atoms with Gasteiger partial charge < -0.3 is 9.80 Å². The zero-order valence-corrected chi connectivity index (χ0v) is 27.4. The zero-order valence-electron chi connectivity index (χ0n) is 27.4. The first-order valence-corrected chi connectivity index (χ1v) is 16.7. The molecule has 1 aliphatic rings. The Morgan fingerprint density at radius 1 is 0.375 bits per heavy atom. The molecule has 0 amide bonds. The van der Waals surface area contributed by atoms with Gasteiger partial charge in [-0.2, -0.15) is 0 Å². The van der Waals surface area contributed by atoms with Gasteiger partial charge >= 0.3 is 0 Å². The van der Waals surface area contributed by atoms with Gasteiger partial charge in [-0.25, -0.2) is 0 Å². The van der Waals surface area contributed by atoms with E-state index in [9.17, 15) is 0 Å². The van der Waals surface area contributed by atoms with E-state index in [1.165, 1.54) is 39.1 Å². The van der Waals surface area contributed by atoms with Crippen molar-refractivity contribution >= 4 is 34.1 Å². The molecule has 0 spiro atoms. The maximum Gasteiger partial charge on any atom is 0.0543 e. The minimum absolute atomic E-state index is 0.0527. The average molecular weight is 619 g/mol. The quantitative estimate of drug-likeness (QED) is 0.167. The van der Waals surface area contributed by atoms with E-state index in [4.69, 9.17) is 0 Å². The number of nitrogens with zero attached hydrogens (tertiary/aromatic N) is 2. The SMILES string of the molecule is CC1(C)c2ccccc2-c2c(N(c3ccccc3)c3ccc(Cc4ccc(N(c5ccccc5)c5ccccc5)cc4)cc3)cccc21. The van der Waals surface area contributed by atoms with Gasteiger partial charge in [0.05, 0.1) is 5.69 Å². The summed E-state index contributed by atoms with van der Waals surface area (Å²) in [5, 5.41) is 0. The zero-order chi connectivity index (χ0) is 32.5. The molecule has 0 unspecified atom stereocenters. The standard InChI is InChI=1S/C46H38N2/c1-46(2)42-22-13-12-21-41(42)45-43(46)23-14-24-44(45)48(38-19-10-5-11-20-38)40-31-27-35(28-32-40)33-34-25-29-39(30-26-34)47(36-15-6-3-7-16-36)37-17-8-4-9-18-37/h3-32H,33H2,1-2H3. The smallest absolute Gasteiger partial charge is 0.0543 e. The molecular formula is C46H38N2. The van der Waals surface area contributed by atoms with Gasteiger partial charge in [0.15, 0.2) is 0 Å². The molecule has 2 nitrogen and oxygen atoms in total.